The van der Waals surface area contributed by atoms with Crippen molar-refractivity contribution in [3.63, 3.8) is 0 Å². The van der Waals surface area contributed by atoms with E-state index < -0.39 is 0 Å². The summed E-state index contributed by atoms with van der Waals surface area (Å²) in [6.45, 7) is 3.57. The van der Waals surface area contributed by atoms with E-state index in [0.717, 1.165) is 24.6 Å². The van der Waals surface area contributed by atoms with Gasteiger partial charge in [-0.3, -0.25) is 4.99 Å². The highest BCUT2D eigenvalue weighted by Gasteiger charge is 2.59. The highest BCUT2D eigenvalue weighted by molar-refractivity contribution is 5.80. The summed E-state index contributed by atoms with van der Waals surface area (Å²) < 4.78 is 5.91. The maximum Gasteiger partial charge on any atom is 0.191 e. The molecule has 2 aliphatic rings. The number of nitriles is 1. The summed E-state index contributed by atoms with van der Waals surface area (Å²) in [4.78, 5) is 4.35. The molecule has 0 aliphatic heterocycles. The van der Waals surface area contributed by atoms with Gasteiger partial charge in [-0.2, -0.15) is 5.26 Å². The molecular formula is C19H26N4O. The lowest BCUT2D eigenvalue weighted by atomic mass is 9.51. The van der Waals surface area contributed by atoms with E-state index in [1.165, 1.54) is 19.3 Å². The van der Waals surface area contributed by atoms with Gasteiger partial charge in [0.15, 0.2) is 5.96 Å². The number of hydrogen-bond acceptors (Lipinski definition) is 3. The Morgan fingerprint density at radius 2 is 2.12 bits per heavy atom. The van der Waals surface area contributed by atoms with E-state index in [4.69, 9.17) is 10.00 Å². The van der Waals surface area contributed by atoms with Gasteiger partial charge in [0.1, 0.15) is 0 Å². The molecule has 0 saturated heterocycles. The molecule has 2 unspecified atom stereocenters. The van der Waals surface area contributed by atoms with E-state index >= 15 is 0 Å². The van der Waals surface area contributed by atoms with Crippen molar-refractivity contribution in [2.24, 2.45) is 10.4 Å². The molecule has 1 aromatic carbocycles. The second kappa shape index (κ2) is 7.23. The number of nitrogens with zero attached hydrogens (tertiary/aromatic N) is 2. The van der Waals surface area contributed by atoms with E-state index in [-0.39, 0.29) is 0 Å². The minimum Gasteiger partial charge on any atom is -0.378 e. The smallest absolute Gasteiger partial charge is 0.191 e. The Balaban J connectivity index is 1.53. The molecule has 2 N–H and O–H groups in total. The Morgan fingerprint density at radius 3 is 2.67 bits per heavy atom. The van der Waals surface area contributed by atoms with Gasteiger partial charge in [-0.15, -0.1) is 0 Å². The number of benzene rings is 1. The molecule has 0 radical (unpaired) electrons. The van der Waals surface area contributed by atoms with E-state index in [9.17, 15) is 0 Å². The summed E-state index contributed by atoms with van der Waals surface area (Å²) in [6, 6.07) is 10.2. The first kappa shape index (κ1) is 16.8. The molecule has 1 aromatic rings. The zero-order valence-corrected chi connectivity index (χ0v) is 14.5. The molecule has 1 spiro atoms. The van der Waals surface area contributed by atoms with Crippen LogP contribution in [-0.2, 0) is 11.3 Å². The highest BCUT2D eigenvalue weighted by atomic mass is 16.5. The molecule has 24 heavy (non-hydrogen) atoms. The third-order valence-corrected chi connectivity index (χ3v) is 5.51. The SMILES string of the molecule is CCOC1CC(NC(=NC)NCc2ccc(C#N)cc2)C12CCC2. The molecule has 0 aromatic heterocycles. The van der Waals surface area contributed by atoms with Gasteiger partial charge in [0, 0.05) is 31.7 Å². The summed E-state index contributed by atoms with van der Waals surface area (Å²) >= 11 is 0. The molecule has 0 bridgehead atoms. The van der Waals surface area contributed by atoms with Gasteiger partial charge in [0.25, 0.3) is 0 Å². The molecule has 5 nitrogen and oxygen atoms in total. The average Bonchev–Trinajstić information content (AvgIpc) is 2.55. The highest BCUT2D eigenvalue weighted by Crippen LogP contribution is 2.57. The second-order valence-corrected chi connectivity index (χ2v) is 6.70. The van der Waals surface area contributed by atoms with Crippen LogP contribution in [0.1, 0.15) is 43.7 Å². The lowest BCUT2D eigenvalue weighted by molar-refractivity contribution is -0.168. The van der Waals surface area contributed by atoms with E-state index in [1.54, 1.807) is 7.05 Å². The number of hydrogen-bond donors (Lipinski definition) is 2. The predicted octanol–water partition coefficient (Wildman–Crippen LogP) is 2.57. The quantitative estimate of drug-likeness (QED) is 0.644. The Labute approximate surface area is 144 Å². The molecule has 2 aliphatic carbocycles. The summed E-state index contributed by atoms with van der Waals surface area (Å²) in [5, 5.41) is 15.8. The molecule has 0 heterocycles. The van der Waals surface area contributed by atoms with Crippen LogP contribution < -0.4 is 10.6 Å². The second-order valence-electron chi connectivity index (χ2n) is 6.70. The van der Waals surface area contributed by atoms with Gasteiger partial charge in [0.2, 0.25) is 0 Å². The van der Waals surface area contributed by atoms with Crippen LogP contribution in [0.3, 0.4) is 0 Å². The van der Waals surface area contributed by atoms with E-state index in [0.29, 0.717) is 29.7 Å². The van der Waals surface area contributed by atoms with Crippen LogP contribution in [0.2, 0.25) is 0 Å². The predicted molar refractivity (Wildman–Crippen MR) is 94.6 cm³/mol. The van der Waals surface area contributed by atoms with Crippen LogP contribution in [0, 0.1) is 16.7 Å². The zero-order chi connectivity index (χ0) is 17.0. The van der Waals surface area contributed by atoms with Crippen molar-refractivity contribution in [1.29, 1.82) is 5.26 Å². The summed E-state index contributed by atoms with van der Waals surface area (Å²) in [6.07, 6.45) is 5.28. The number of aliphatic imine (C=N–C) groups is 1. The summed E-state index contributed by atoms with van der Waals surface area (Å²) in [7, 11) is 1.81. The van der Waals surface area contributed by atoms with Gasteiger partial charge in [-0.1, -0.05) is 18.6 Å². The molecular weight excluding hydrogens is 300 g/mol. The normalized spacial score (nSPS) is 24.6. The Hall–Kier alpha value is -2.06. The Bertz CT molecular complexity index is 628. The van der Waals surface area contributed by atoms with Crippen molar-refractivity contribution >= 4 is 5.96 Å². The molecule has 2 saturated carbocycles. The van der Waals surface area contributed by atoms with Crippen LogP contribution in [-0.4, -0.2) is 31.8 Å². The topological polar surface area (TPSA) is 69.4 Å². The fourth-order valence-electron chi connectivity index (χ4n) is 3.88. The van der Waals surface area contributed by atoms with Crippen molar-refractivity contribution in [2.45, 2.75) is 51.3 Å². The van der Waals surface area contributed by atoms with Crippen molar-refractivity contribution in [2.75, 3.05) is 13.7 Å². The lowest BCUT2D eigenvalue weighted by Gasteiger charge is -2.61. The van der Waals surface area contributed by atoms with Gasteiger partial charge < -0.3 is 15.4 Å². The summed E-state index contributed by atoms with van der Waals surface area (Å²) in [5.41, 5.74) is 2.14. The van der Waals surface area contributed by atoms with Crippen molar-refractivity contribution in [3.8, 4) is 6.07 Å². The maximum absolute atomic E-state index is 8.85. The van der Waals surface area contributed by atoms with Crippen LogP contribution in [0.25, 0.3) is 0 Å². The zero-order valence-electron chi connectivity index (χ0n) is 14.5. The number of ether oxygens (including phenoxy) is 1. The van der Waals surface area contributed by atoms with Gasteiger partial charge in [0.05, 0.1) is 17.7 Å². The monoisotopic (exact) mass is 326 g/mol. The molecule has 5 heteroatoms. The summed E-state index contributed by atoms with van der Waals surface area (Å²) in [5.74, 6) is 0.839. The Morgan fingerprint density at radius 1 is 1.38 bits per heavy atom. The van der Waals surface area contributed by atoms with Crippen LogP contribution in [0.15, 0.2) is 29.3 Å². The minimum atomic E-state index is 0.322. The number of guanidine groups is 1. The van der Waals surface area contributed by atoms with Crippen LogP contribution in [0.4, 0.5) is 0 Å². The van der Waals surface area contributed by atoms with Gasteiger partial charge >= 0.3 is 0 Å². The standard InChI is InChI=1S/C19H26N4O/c1-3-24-17-11-16(19(17)9-4-10-19)23-18(21-2)22-13-15-7-5-14(12-20)6-8-15/h5-8,16-17H,3-4,9-11,13H2,1-2H3,(H2,21,22,23). The molecule has 2 atom stereocenters. The lowest BCUT2D eigenvalue weighted by Crippen LogP contribution is -2.68. The third kappa shape index (κ3) is 3.11. The Kier molecular flexibility index (Phi) is 5.06. The molecule has 3 rings (SSSR count). The fourth-order valence-corrected chi connectivity index (χ4v) is 3.88. The minimum absolute atomic E-state index is 0.322. The number of nitrogens with one attached hydrogen (secondary N) is 2. The largest absolute Gasteiger partial charge is 0.378 e. The van der Waals surface area contributed by atoms with Crippen LogP contribution >= 0.6 is 0 Å². The fraction of sp³-hybridized carbons (Fsp3) is 0.579. The first-order chi connectivity index (χ1) is 11.7. The molecule has 128 valence electrons. The first-order valence-electron chi connectivity index (χ1n) is 8.79. The number of rotatable bonds is 5. The van der Waals surface area contributed by atoms with E-state index in [1.807, 2.05) is 24.3 Å². The maximum atomic E-state index is 8.85. The van der Waals surface area contributed by atoms with Gasteiger partial charge in [-0.25, -0.2) is 0 Å². The first-order valence-corrected chi connectivity index (χ1v) is 8.79. The van der Waals surface area contributed by atoms with Crippen molar-refractivity contribution in [3.05, 3.63) is 35.4 Å². The molecule has 2 fully saturated rings. The van der Waals surface area contributed by atoms with Crippen molar-refractivity contribution in [1.82, 2.24) is 10.6 Å². The average molecular weight is 326 g/mol. The van der Waals surface area contributed by atoms with Gasteiger partial charge in [-0.05, 0) is 43.9 Å². The third-order valence-electron chi connectivity index (χ3n) is 5.51. The van der Waals surface area contributed by atoms with E-state index in [2.05, 4.69) is 28.6 Å². The van der Waals surface area contributed by atoms with Crippen LogP contribution in [0.5, 0.6) is 0 Å². The van der Waals surface area contributed by atoms with Crippen molar-refractivity contribution < 1.29 is 4.74 Å². The molecule has 0 amide bonds.